The molecule has 406 valence electrons. The molecule has 4 rings (SSSR count). The first-order valence-corrected chi connectivity index (χ1v) is 26.8. The Hall–Kier alpha value is -4.37. The Bertz CT molecular complexity index is 2230. The number of ether oxygens (including phenoxy) is 4. The standard InChI is InChI=1S/C26H48N9O6P.C12H22N7O4P.C3H9N.ClH/c1-7-9-14-40-24(36)19(3)32-42(38,33-20(4)25(37)41-15-10-8-2)18-39-16-13-35-17-29-21-22(28-11-12-34(5)6)30-26(27)31-23(21)35;1-18(2)4-3-14-10-9-11(17-12(13)16-10)19(7-15-9)5-6-23-8-24(20,21)22;1-3(2)4;/h17,19-20H,7-16,18H2,1-6H3,(H2,32,33,38)(H3,27,28,30,31);7H,3-6,8H2,1-2H3,(H2,20,21,22)(H3,13,14,16,17);3H,4H2,1-2H3;1H/t19-,20-;;;/m0.../s1. The second-order valence-electron chi connectivity index (χ2n) is 17.0. The van der Waals surface area contributed by atoms with Crippen LogP contribution in [0, 0.1) is 0 Å². The van der Waals surface area contributed by atoms with E-state index in [2.05, 4.69) is 50.7 Å². The maximum absolute atomic E-state index is 13.9. The van der Waals surface area contributed by atoms with Gasteiger partial charge in [0, 0.05) is 39.3 Å². The molecule has 2 atom stereocenters. The lowest BCUT2D eigenvalue weighted by Crippen LogP contribution is -2.43. The maximum Gasteiger partial charge on any atom is 0.350 e. The van der Waals surface area contributed by atoms with Crippen molar-refractivity contribution in [1.82, 2.24) is 59.0 Å². The zero-order chi connectivity index (χ0) is 52.4. The summed E-state index contributed by atoms with van der Waals surface area (Å²) in [4.78, 5) is 72.1. The topological polar surface area (TPSA) is 366 Å². The molecule has 0 amide bonds. The molecule has 0 bridgehead atoms. The molecule has 27 nitrogen and oxygen atoms in total. The van der Waals surface area contributed by atoms with Crippen molar-refractivity contribution < 1.29 is 47.5 Å². The minimum Gasteiger partial charge on any atom is -0.465 e. The lowest BCUT2D eigenvalue weighted by Gasteiger charge is -2.26. The van der Waals surface area contributed by atoms with Crippen molar-refractivity contribution in [3.8, 4) is 0 Å². The van der Waals surface area contributed by atoms with Crippen LogP contribution in [0.2, 0.25) is 0 Å². The SMILES string of the molecule is CC(C)N.CCCCOC(=O)[C@H](C)NP(=O)(COCCn1cnc2c(NCCN(C)C)nc(N)nc21)N[C@@H](C)C(=O)OCCCC.CN(C)CCNc1nc(N)nc2c1ncn2CCOCP(=O)(O)O.Cl. The largest absolute Gasteiger partial charge is 0.465 e. The molecule has 0 spiro atoms. The Labute approximate surface area is 422 Å². The van der Waals surface area contributed by atoms with E-state index in [-0.39, 0.29) is 57.1 Å². The van der Waals surface area contributed by atoms with Gasteiger partial charge in [-0.1, -0.05) is 40.5 Å². The van der Waals surface area contributed by atoms with Gasteiger partial charge in [-0.15, -0.1) is 12.4 Å². The van der Waals surface area contributed by atoms with E-state index in [1.807, 2.05) is 65.7 Å². The van der Waals surface area contributed by atoms with E-state index in [0.717, 1.165) is 38.8 Å². The summed E-state index contributed by atoms with van der Waals surface area (Å²) < 4.78 is 49.4. The molecule has 4 aromatic heterocycles. The fourth-order valence-electron chi connectivity index (χ4n) is 5.72. The maximum atomic E-state index is 13.9. The third-order valence-electron chi connectivity index (χ3n) is 9.15. The minimum atomic E-state index is -4.16. The molecule has 0 aromatic carbocycles. The van der Waals surface area contributed by atoms with Crippen LogP contribution < -0.4 is 38.0 Å². The second kappa shape index (κ2) is 33.4. The van der Waals surface area contributed by atoms with Gasteiger partial charge in [-0.25, -0.2) is 20.1 Å². The predicted molar refractivity (Wildman–Crippen MR) is 278 cm³/mol. The quantitative estimate of drug-likeness (QED) is 0.0206. The van der Waals surface area contributed by atoms with Gasteiger partial charge in [0.1, 0.15) is 24.8 Å². The van der Waals surface area contributed by atoms with Crippen molar-refractivity contribution in [1.29, 1.82) is 0 Å². The zero-order valence-electron chi connectivity index (χ0n) is 42.9. The fraction of sp³-hybridized carbons (Fsp3) is 0.707. The van der Waals surface area contributed by atoms with Gasteiger partial charge in [-0.3, -0.25) is 18.7 Å². The molecule has 0 fully saturated rings. The summed E-state index contributed by atoms with van der Waals surface area (Å²) in [6, 6.07) is -1.47. The molecule has 71 heavy (non-hydrogen) atoms. The smallest absolute Gasteiger partial charge is 0.350 e. The molecule has 0 radical (unpaired) electrons. The average Bonchev–Trinajstić information content (AvgIpc) is 3.87. The molecular weight excluding hydrogens is 988 g/mol. The normalized spacial score (nSPS) is 12.5. The number of fused-ring (bicyclic) bond motifs is 2. The van der Waals surface area contributed by atoms with Gasteiger partial charge in [0.25, 0.3) is 0 Å². The number of aromatic nitrogens is 8. The van der Waals surface area contributed by atoms with Gasteiger partial charge in [-0.05, 0) is 60.9 Å². The third kappa shape index (κ3) is 25.7. The van der Waals surface area contributed by atoms with Gasteiger partial charge in [-0.2, -0.15) is 19.9 Å². The highest BCUT2D eigenvalue weighted by atomic mass is 35.5. The highest BCUT2D eigenvalue weighted by Gasteiger charge is 2.32. The molecule has 0 saturated carbocycles. The Morgan fingerprint density at radius 3 is 1.42 bits per heavy atom. The van der Waals surface area contributed by atoms with Crippen LogP contribution in [0.5, 0.6) is 0 Å². The summed E-state index contributed by atoms with van der Waals surface area (Å²) in [6.07, 6.45) is 5.46. The summed E-state index contributed by atoms with van der Waals surface area (Å²) in [6.45, 7) is 15.4. The van der Waals surface area contributed by atoms with E-state index >= 15 is 0 Å². The zero-order valence-corrected chi connectivity index (χ0v) is 45.5. The lowest BCUT2D eigenvalue weighted by atomic mass is 10.3. The number of rotatable bonds is 30. The number of imidazole rings is 2. The highest BCUT2D eigenvalue weighted by molar-refractivity contribution is 7.59. The van der Waals surface area contributed by atoms with Crippen molar-refractivity contribution in [2.24, 2.45) is 5.73 Å². The van der Waals surface area contributed by atoms with Gasteiger partial charge in [0.15, 0.2) is 34.0 Å². The van der Waals surface area contributed by atoms with E-state index in [0.29, 0.717) is 66.2 Å². The number of hydrogen-bond acceptors (Lipinski definition) is 21. The third-order valence-corrected chi connectivity index (χ3v) is 11.8. The second-order valence-corrected chi connectivity index (χ2v) is 20.8. The average molecular weight is 1070 g/mol. The number of halogens is 1. The summed E-state index contributed by atoms with van der Waals surface area (Å²) >= 11 is 0. The van der Waals surface area contributed by atoms with E-state index in [1.54, 1.807) is 35.6 Å². The van der Waals surface area contributed by atoms with Gasteiger partial charge in [0.2, 0.25) is 19.3 Å². The Morgan fingerprint density at radius 1 is 0.690 bits per heavy atom. The fourth-order valence-corrected chi connectivity index (χ4v) is 8.16. The summed E-state index contributed by atoms with van der Waals surface area (Å²) in [5.41, 5.74) is 19.0. The number of carbonyl (C=O) groups excluding carboxylic acids is 2. The summed E-state index contributed by atoms with van der Waals surface area (Å²) in [7, 11) is 0.112. The monoisotopic (exact) mass is 1070 g/mol. The van der Waals surface area contributed by atoms with Crippen LogP contribution >= 0.6 is 27.4 Å². The van der Waals surface area contributed by atoms with E-state index < -0.39 is 45.4 Å². The van der Waals surface area contributed by atoms with Crippen molar-refractivity contribution >= 4 is 85.2 Å². The molecule has 0 aliphatic rings. The minimum absolute atomic E-state index is 0. The first kappa shape index (κ1) is 64.6. The molecule has 4 aromatic rings. The van der Waals surface area contributed by atoms with Crippen LogP contribution in [0.1, 0.15) is 67.2 Å². The number of anilines is 4. The highest BCUT2D eigenvalue weighted by Crippen LogP contribution is 2.38. The Balaban J connectivity index is 0.000000731. The number of carbonyl (C=O) groups is 2. The lowest BCUT2D eigenvalue weighted by molar-refractivity contribution is -0.145. The molecule has 0 aliphatic carbocycles. The Kier molecular flexibility index (Phi) is 30.4. The molecule has 0 unspecified atom stereocenters. The van der Waals surface area contributed by atoms with Crippen LogP contribution in [0.3, 0.4) is 0 Å². The number of likely N-dealkylation sites (N-methyl/N-ethyl adjacent to an activating group) is 2. The number of nitrogens with one attached hydrogen (secondary N) is 4. The van der Waals surface area contributed by atoms with Crippen molar-refractivity contribution in [2.75, 3.05) is 116 Å². The van der Waals surface area contributed by atoms with Crippen LogP contribution in [-0.2, 0) is 50.8 Å². The number of esters is 2. The van der Waals surface area contributed by atoms with Crippen molar-refractivity contribution in [3.05, 3.63) is 12.7 Å². The molecule has 0 saturated heterocycles. The summed E-state index contributed by atoms with van der Waals surface area (Å²) in [5.74, 6) is 0.232. The van der Waals surface area contributed by atoms with E-state index in [4.69, 9.17) is 45.9 Å². The molecule has 30 heteroatoms. The molecular formula is C41H80ClN17O10P2. The number of hydrogen-bond donors (Lipinski definition) is 9. The van der Waals surface area contributed by atoms with Crippen LogP contribution in [0.4, 0.5) is 23.5 Å². The van der Waals surface area contributed by atoms with Gasteiger partial charge in [0.05, 0.1) is 39.1 Å². The van der Waals surface area contributed by atoms with Gasteiger partial charge < -0.3 is 75.5 Å². The number of nitrogen functional groups attached to an aromatic ring is 2. The van der Waals surface area contributed by atoms with E-state index in [1.165, 1.54) is 0 Å². The predicted octanol–water partition coefficient (Wildman–Crippen LogP) is 2.50. The van der Waals surface area contributed by atoms with Crippen LogP contribution in [0.25, 0.3) is 22.3 Å². The Morgan fingerprint density at radius 2 is 1.07 bits per heavy atom. The molecule has 4 heterocycles. The van der Waals surface area contributed by atoms with Crippen LogP contribution in [0.15, 0.2) is 12.7 Å². The van der Waals surface area contributed by atoms with E-state index in [9.17, 15) is 18.7 Å². The van der Waals surface area contributed by atoms with Crippen molar-refractivity contribution in [3.63, 3.8) is 0 Å². The van der Waals surface area contributed by atoms with Crippen molar-refractivity contribution in [2.45, 2.75) is 98.4 Å². The molecule has 0 aliphatic heterocycles. The molecule has 12 N–H and O–H groups in total. The number of nitrogens with two attached hydrogens (primary N) is 3. The number of nitrogens with zero attached hydrogens (tertiary/aromatic N) is 10. The first-order valence-electron chi connectivity index (χ1n) is 23.2. The number of unbranched alkanes of at least 4 members (excludes halogenated alkanes) is 2. The van der Waals surface area contributed by atoms with Gasteiger partial charge >= 0.3 is 19.5 Å². The first-order chi connectivity index (χ1) is 33.0. The van der Waals surface area contributed by atoms with Crippen LogP contribution in [-0.4, -0.2) is 182 Å². The summed E-state index contributed by atoms with van der Waals surface area (Å²) in [5, 5.41) is 12.0.